The molecule has 0 bridgehead atoms. The number of rotatable bonds is 3. The molecule has 18 heavy (non-hydrogen) atoms. The van der Waals surface area contributed by atoms with Gasteiger partial charge in [-0.2, -0.15) is 0 Å². The predicted octanol–water partition coefficient (Wildman–Crippen LogP) is 4.16. The molecule has 0 unspecified atom stereocenters. The summed E-state index contributed by atoms with van der Waals surface area (Å²) in [4.78, 5) is 0. The van der Waals surface area contributed by atoms with Crippen LogP contribution in [0.1, 0.15) is 16.7 Å². The fraction of sp³-hybridized carbons (Fsp3) is 0.200. The third-order valence-corrected chi connectivity index (χ3v) is 2.84. The number of hydrogen-bond acceptors (Lipinski definition) is 1. The molecule has 0 heterocycles. The standard InChI is InChI=1S/C15H14F2O/c1-10-3-5-14(17)8-15(10)18-9-12-4-6-13(16)7-11(12)2/h3-8H,9H2,1-2H3. The molecule has 0 N–H and O–H groups in total. The topological polar surface area (TPSA) is 9.23 Å². The Morgan fingerprint density at radius 2 is 1.56 bits per heavy atom. The monoisotopic (exact) mass is 248 g/mol. The van der Waals surface area contributed by atoms with Gasteiger partial charge in [-0.05, 0) is 48.7 Å². The molecule has 3 heteroatoms. The van der Waals surface area contributed by atoms with Gasteiger partial charge in [-0.15, -0.1) is 0 Å². The van der Waals surface area contributed by atoms with Crippen molar-refractivity contribution in [3.05, 3.63) is 64.7 Å². The molecule has 0 amide bonds. The number of halogens is 2. The quantitative estimate of drug-likeness (QED) is 0.792. The molecular formula is C15H14F2O. The molecular weight excluding hydrogens is 234 g/mol. The van der Waals surface area contributed by atoms with Crippen LogP contribution in [0.15, 0.2) is 36.4 Å². The molecule has 2 aromatic rings. The Morgan fingerprint density at radius 1 is 0.889 bits per heavy atom. The molecule has 0 aliphatic rings. The summed E-state index contributed by atoms with van der Waals surface area (Å²) in [6, 6.07) is 8.95. The van der Waals surface area contributed by atoms with Crippen molar-refractivity contribution in [2.75, 3.05) is 0 Å². The summed E-state index contributed by atoms with van der Waals surface area (Å²) >= 11 is 0. The minimum Gasteiger partial charge on any atom is -0.489 e. The van der Waals surface area contributed by atoms with Crippen LogP contribution in [0.25, 0.3) is 0 Å². The number of aryl methyl sites for hydroxylation is 2. The SMILES string of the molecule is Cc1cc(F)ccc1COc1cc(F)ccc1C. The fourth-order valence-corrected chi connectivity index (χ4v) is 1.71. The van der Waals surface area contributed by atoms with Crippen LogP contribution in [-0.2, 0) is 6.61 Å². The Kier molecular flexibility index (Phi) is 3.60. The van der Waals surface area contributed by atoms with Gasteiger partial charge in [-0.3, -0.25) is 0 Å². The number of ether oxygens (including phenoxy) is 1. The molecule has 0 aliphatic carbocycles. The third kappa shape index (κ3) is 2.86. The molecule has 0 fully saturated rings. The average Bonchev–Trinajstić information content (AvgIpc) is 2.32. The highest BCUT2D eigenvalue weighted by Crippen LogP contribution is 2.21. The van der Waals surface area contributed by atoms with Crippen molar-refractivity contribution in [2.45, 2.75) is 20.5 Å². The first-order chi connectivity index (χ1) is 8.56. The number of benzene rings is 2. The maximum atomic E-state index is 13.1. The van der Waals surface area contributed by atoms with Gasteiger partial charge in [-0.25, -0.2) is 8.78 Å². The predicted molar refractivity (Wildman–Crippen MR) is 66.6 cm³/mol. The summed E-state index contributed by atoms with van der Waals surface area (Å²) in [6.45, 7) is 3.98. The van der Waals surface area contributed by atoms with Crippen molar-refractivity contribution in [3.63, 3.8) is 0 Å². The molecule has 1 nitrogen and oxygen atoms in total. The Balaban J connectivity index is 2.13. The normalized spacial score (nSPS) is 10.4. The van der Waals surface area contributed by atoms with E-state index in [0.29, 0.717) is 12.4 Å². The van der Waals surface area contributed by atoms with E-state index in [1.165, 1.54) is 24.3 Å². The van der Waals surface area contributed by atoms with Gasteiger partial charge in [0.25, 0.3) is 0 Å². The van der Waals surface area contributed by atoms with Crippen molar-refractivity contribution in [2.24, 2.45) is 0 Å². The van der Waals surface area contributed by atoms with E-state index in [-0.39, 0.29) is 11.6 Å². The zero-order valence-electron chi connectivity index (χ0n) is 10.3. The first kappa shape index (κ1) is 12.6. The van der Waals surface area contributed by atoms with E-state index < -0.39 is 0 Å². The van der Waals surface area contributed by atoms with Crippen molar-refractivity contribution < 1.29 is 13.5 Å². The van der Waals surface area contributed by atoms with Gasteiger partial charge in [0, 0.05) is 6.07 Å². The van der Waals surface area contributed by atoms with Crippen LogP contribution in [0.4, 0.5) is 8.78 Å². The summed E-state index contributed by atoms with van der Waals surface area (Å²) < 4.78 is 31.6. The van der Waals surface area contributed by atoms with Gasteiger partial charge in [0.1, 0.15) is 24.0 Å². The highest BCUT2D eigenvalue weighted by Gasteiger charge is 2.04. The molecule has 0 aromatic heterocycles. The molecule has 0 saturated carbocycles. The van der Waals surface area contributed by atoms with Gasteiger partial charge >= 0.3 is 0 Å². The summed E-state index contributed by atoms with van der Waals surface area (Å²) in [5.41, 5.74) is 2.58. The zero-order valence-corrected chi connectivity index (χ0v) is 10.3. The Bertz CT molecular complexity index is 564. The van der Waals surface area contributed by atoms with Crippen molar-refractivity contribution >= 4 is 0 Å². The second-order valence-corrected chi connectivity index (χ2v) is 4.27. The summed E-state index contributed by atoms with van der Waals surface area (Å²) in [7, 11) is 0. The van der Waals surface area contributed by atoms with Crippen molar-refractivity contribution in [3.8, 4) is 5.75 Å². The van der Waals surface area contributed by atoms with Crippen LogP contribution in [-0.4, -0.2) is 0 Å². The Labute approximate surface area is 105 Å². The minimum atomic E-state index is -0.327. The highest BCUT2D eigenvalue weighted by molar-refractivity contribution is 5.33. The van der Waals surface area contributed by atoms with Crippen LogP contribution in [0.3, 0.4) is 0 Å². The van der Waals surface area contributed by atoms with Crippen LogP contribution in [0, 0.1) is 25.5 Å². The Morgan fingerprint density at radius 3 is 2.28 bits per heavy atom. The van der Waals surface area contributed by atoms with E-state index in [1.807, 2.05) is 13.8 Å². The molecule has 2 aromatic carbocycles. The van der Waals surface area contributed by atoms with E-state index in [0.717, 1.165) is 16.7 Å². The van der Waals surface area contributed by atoms with E-state index >= 15 is 0 Å². The van der Waals surface area contributed by atoms with Crippen molar-refractivity contribution in [1.29, 1.82) is 0 Å². The molecule has 0 radical (unpaired) electrons. The van der Waals surface area contributed by atoms with Crippen LogP contribution in [0.2, 0.25) is 0 Å². The molecule has 94 valence electrons. The summed E-state index contributed by atoms with van der Waals surface area (Å²) in [5, 5.41) is 0. The van der Waals surface area contributed by atoms with Gasteiger partial charge < -0.3 is 4.74 Å². The lowest BCUT2D eigenvalue weighted by molar-refractivity contribution is 0.301. The lowest BCUT2D eigenvalue weighted by atomic mass is 10.1. The molecule has 0 atom stereocenters. The van der Waals surface area contributed by atoms with E-state index in [2.05, 4.69) is 0 Å². The van der Waals surface area contributed by atoms with E-state index in [4.69, 9.17) is 4.74 Å². The first-order valence-electron chi connectivity index (χ1n) is 5.70. The summed E-state index contributed by atoms with van der Waals surface area (Å²) in [6.07, 6.45) is 0. The molecule has 0 saturated heterocycles. The molecule has 2 rings (SSSR count). The van der Waals surface area contributed by atoms with Crippen LogP contribution < -0.4 is 4.74 Å². The second kappa shape index (κ2) is 5.17. The van der Waals surface area contributed by atoms with Crippen molar-refractivity contribution in [1.82, 2.24) is 0 Å². The molecule has 0 spiro atoms. The summed E-state index contributed by atoms with van der Waals surface area (Å²) in [5.74, 6) is -0.0802. The van der Waals surface area contributed by atoms with Crippen LogP contribution in [0.5, 0.6) is 5.75 Å². The van der Waals surface area contributed by atoms with Gasteiger partial charge in [0.05, 0.1) is 0 Å². The number of hydrogen-bond donors (Lipinski definition) is 0. The van der Waals surface area contributed by atoms with E-state index in [9.17, 15) is 8.78 Å². The Hall–Kier alpha value is -1.90. The average molecular weight is 248 g/mol. The largest absolute Gasteiger partial charge is 0.489 e. The minimum absolute atomic E-state index is 0.266. The molecule has 0 aliphatic heterocycles. The second-order valence-electron chi connectivity index (χ2n) is 4.27. The third-order valence-electron chi connectivity index (χ3n) is 2.84. The van der Waals surface area contributed by atoms with Gasteiger partial charge in [-0.1, -0.05) is 12.1 Å². The van der Waals surface area contributed by atoms with E-state index in [1.54, 1.807) is 12.1 Å². The maximum Gasteiger partial charge on any atom is 0.126 e. The zero-order chi connectivity index (χ0) is 13.1. The van der Waals surface area contributed by atoms with Crippen LogP contribution >= 0.6 is 0 Å². The smallest absolute Gasteiger partial charge is 0.126 e. The lowest BCUT2D eigenvalue weighted by Gasteiger charge is -2.11. The highest BCUT2D eigenvalue weighted by atomic mass is 19.1. The van der Waals surface area contributed by atoms with Gasteiger partial charge in [0.15, 0.2) is 0 Å². The maximum absolute atomic E-state index is 13.1. The fourth-order valence-electron chi connectivity index (χ4n) is 1.71. The lowest BCUT2D eigenvalue weighted by Crippen LogP contribution is -2.00. The first-order valence-corrected chi connectivity index (χ1v) is 5.70. The van der Waals surface area contributed by atoms with Gasteiger partial charge in [0.2, 0.25) is 0 Å².